The van der Waals surface area contributed by atoms with Crippen LogP contribution in [0.5, 0.6) is 28.7 Å². The van der Waals surface area contributed by atoms with Gasteiger partial charge in [-0.15, -0.1) is 0 Å². The van der Waals surface area contributed by atoms with Gasteiger partial charge in [-0.3, -0.25) is 13.8 Å². The van der Waals surface area contributed by atoms with Crippen molar-refractivity contribution in [3.8, 4) is 28.7 Å². The Balaban J connectivity index is 2.36. The zero-order chi connectivity index (χ0) is 24.6. The summed E-state index contributed by atoms with van der Waals surface area (Å²) in [6.07, 6.45) is 1.32. The summed E-state index contributed by atoms with van der Waals surface area (Å²) in [6.45, 7) is 0. The number of methoxy groups -OCH3 is 4. The van der Waals surface area contributed by atoms with Crippen molar-refractivity contribution >= 4 is 29.6 Å². The van der Waals surface area contributed by atoms with E-state index in [0.29, 0.717) is 22.8 Å². The average molecular weight is 503 g/mol. The Morgan fingerprint density at radius 1 is 0.788 bits per heavy atom. The van der Waals surface area contributed by atoms with Crippen LogP contribution in [0.1, 0.15) is 5.56 Å². The van der Waals surface area contributed by atoms with Crippen molar-refractivity contribution in [1.82, 2.24) is 0 Å². The third-order valence-electron chi connectivity index (χ3n) is 4.25. The minimum atomic E-state index is -3.99. The lowest BCUT2D eigenvalue weighted by Gasteiger charge is -2.17. The molecule has 0 aliphatic heterocycles. The van der Waals surface area contributed by atoms with E-state index in [0.717, 1.165) is 19.6 Å². The molecule has 0 aliphatic rings. The normalized spacial score (nSPS) is 11.8. The van der Waals surface area contributed by atoms with Crippen molar-refractivity contribution in [3.05, 3.63) is 41.3 Å². The van der Waals surface area contributed by atoms with Crippen molar-refractivity contribution in [2.24, 2.45) is 0 Å². The SMILES string of the molecule is COc1cc(OC)c(/C=C/S(=O)(=O)Nc2ccc(OC)c(OP(=O)(OC)OC)c2)c(OC)c1. The molecule has 0 radical (unpaired) electrons. The highest BCUT2D eigenvalue weighted by Gasteiger charge is 2.27. The molecular weight excluding hydrogens is 477 g/mol. The fraction of sp³-hybridized carbons (Fsp3) is 0.300. The summed E-state index contributed by atoms with van der Waals surface area (Å²) < 4.78 is 75.8. The molecule has 0 aliphatic carbocycles. The van der Waals surface area contributed by atoms with Crippen LogP contribution in [-0.4, -0.2) is 51.1 Å². The molecule has 0 atom stereocenters. The van der Waals surface area contributed by atoms with Crippen LogP contribution in [-0.2, 0) is 23.6 Å². The number of anilines is 1. The molecule has 0 saturated heterocycles. The van der Waals surface area contributed by atoms with E-state index >= 15 is 0 Å². The van der Waals surface area contributed by atoms with Gasteiger partial charge in [0.25, 0.3) is 10.0 Å². The first-order valence-corrected chi connectivity index (χ1v) is 12.2. The van der Waals surface area contributed by atoms with E-state index in [2.05, 4.69) is 4.72 Å². The van der Waals surface area contributed by atoms with E-state index in [4.69, 9.17) is 32.5 Å². The maximum absolute atomic E-state index is 12.7. The molecule has 0 heterocycles. The molecule has 0 aromatic heterocycles. The van der Waals surface area contributed by atoms with Gasteiger partial charge in [-0.25, -0.2) is 13.0 Å². The average Bonchev–Trinajstić information content (AvgIpc) is 2.81. The quantitative estimate of drug-likeness (QED) is 0.426. The van der Waals surface area contributed by atoms with Crippen molar-refractivity contribution < 1.29 is 45.5 Å². The summed E-state index contributed by atoms with van der Waals surface area (Å²) in [4.78, 5) is 0. The second-order valence-corrected chi connectivity index (χ2v) is 9.54. The Morgan fingerprint density at radius 3 is 1.85 bits per heavy atom. The molecule has 0 fully saturated rings. The molecule has 0 bridgehead atoms. The van der Waals surface area contributed by atoms with Gasteiger partial charge in [0.15, 0.2) is 11.5 Å². The summed E-state index contributed by atoms with van der Waals surface area (Å²) in [5.41, 5.74) is 0.508. The predicted octanol–water partition coefficient (Wildman–Crippen LogP) is 3.91. The van der Waals surface area contributed by atoms with Crippen LogP contribution >= 0.6 is 7.82 Å². The lowest BCUT2D eigenvalue weighted by molar-refractivity contribution is 0.208. The van der Waals surface area contributed by atoms with E-state index in [1.54, 1.807) is 12.1 Å². The van der Waals surface area contributed by atoms with Gasteiger partial charge in [-0.1, -0.05) is 0 Å². The number of sulfonamides is 1. The van der Waals surface area contributed by atoms with E-state index in [9.17, 15) is 13.0 Å². The molecule has 2 aromatic carbocycles. The summed E-state index contributed by atoms with van der Waals surface area (Å²) in [5.74, 6) is 1.33. The standard InChI is InChI=1S/C20H26NO10PS/c1-25-15-12-18(27-3)16(19(13-15)28-4)9-10-33(23,24)21-14-7-8-17(26-2)20(11-14)31-32(22,29-5)30-6/h7-13,21H,1-6H3/b10-9+. The van der Waals surface area contributed by atoms with E-state index < -0.39 is 17.8 Å². The van der Waals surface area contributed by atoms with Crippen molar-refractivity contribution in [2.45, 2.75) is 0 Å². The Bertz CT molecular complexity index is 1120. The van der Waals surface area contributed by atoms with E-state index in [1.165, 1.54) is 52.7 Å². The first-order chi connectivity index (χ1) is 15.6. The summed E-state index contributed by atoms with van der Waals surface area (Å²) in [6, 6.07) is 7.35. The topological polar surface area (TPSA) is 128 Å². The number of nitrogens with one attached hydrogen (secondary N) is 1. The third kappa shape index (κ3) is 6.78. The summed E-state index contributed by atoms with van der Waals surface area (Å²) in [5, 5.41) is 0.944. The lowest BCUT2D eigenvalue weighted by Crippen LogP contribution is -2.09. The summed E-state index contributed by atoms with van der Waals surface area (Å²) in [7, 11) is 0.145. The van der Waals surface area contributed by atoms with Crippen LogP contribution in [0.25, 0.3) is 6.08 Å². The highest BCUT2D eigenvalue weighted by Crippen LogP contribution is 2.50. The monoisotopic (exact) mass is 503 g/mol. The molecule has 182 valence electrons. The van der Waals surface area contributed by atoms with Crippen molar-refractivity contribution in [2.75, 3.05) is 47.4 Å². The Morgan fingerprint density at radius 2 is 1.36 bits per heavy atom. The number of rotatable bonds is 12. The molecule has 13 heteroatoms. The van der Waals surface area contributed by atoms with Gasteiger partial charge in [-0.05, 0) is 18.2 Å². The van der Waals surface area contributed by atoms with Gasteiger partial charge in [0.05, 0.1) is 45.1 Å². The van der Waals surface area contributed by atoms with Crippen LogP contribution < -0.4 is 28.2 Å². The van der Waals surface area contributed by atoms with Gasteiger partial charge in [0, 0.05) is 32.4 Å². The maximum atomic E-state index is 12.7. The molecule has 0 spiro atoms. The Kier molecular flexibility index (Phi) is 9.00. The van der Waals surface area contributed by atoms with E-state index in [1.807, 2.05) is 0 Å². The van der Waals surface area contributed by atoms with Gasteiger partial charge in [0.1, 0.15) is 17.2 Å². The molecular formula is C20H26NO10PS. The number of phosphoric acid groups is 1. The second-order valence-electron chi connectivity index (χ2n) is 6.16. The minimum Gasteiger partial charge on any atom is -0.496 e. The molecule has 0 saturated carbocycles. The smallest absolute Gasteiger partial charge is 0.496 e. The highest BCUT2D eigenvalue weighted by atomic mass is 32.2. The van der Waals surface area contributed by atoms with Crippen LogP contribution in [0.2, 0.25) is 0 Å². The fourth-order valence-corrected chi connectivity index (χ4v) is 4.15. The molecule has 2 rings (SSSR count). The molecule has 1 N–H and O–H groups in total. The summed E-state index contributed by atoms with van der Waals surface area (Å²) >= 11 is 0. The van der Waals surface area contributed by atoms with Crippen molar-refractivity contribution in [3.63, 3.8) is 0 Å². The second kappa shape index (κ2) is 11.3. The van der Waals surface area contributed by atoms with E-state index in [-0.39, 0.29) is 17.2 Å². The molecule has 11 nitrogen and oxygen atoms in total. The van der Waals surface area contributed by atoms with Crippen LogP contribution in [0.15, 0.2) is 35.7 Å². The maximum Gasteiger partial charge on any atom is 0.529 e. The number of phosphoric ester groups is 1. The Hall–Kier alpha value is -2.92. The largest absolute Gasteiger partial charge is 0.529 e. The lowest BCUT2D eigenvalue weighted by atomic mass is 10.1. The molecule has 2 aromatic rings. The Labute approximate surface area is 192 Å². The van der Waals surface area contributed by atoms with Crippen molar-refractivity contribution in [1.29, 1.82) is 0 Å². The molecule has 0 unspecified atom stereocenters. The number of benzene rings is 2. The van der Waals surface area contributed by atoms with Gasteiger partial charge in [-0.2, -0.15) is 0 Å². The predicted molar refractivity (Wildman–Crippen MR) is 123 cm³/mol. The molecule has 33 heavy (non-hydrogen) atoms. The zero-order valence-electron chi connectivity index (χ0n) is 19.0. The van der Waals surface area contributed by atoms with Gasteiger partial charge >= 0.3 is 7.82 Å². The molecule has 0 amide bonds. The van der Waals surface area contributed by atoms with Crippen LogP contribution in [0.4, 0.5) is 5.69 Å². The van der Waals surface area contributed by atoms with Crippen LogP contribution in [0.3, 0.4) is 0 Å². The van der Waals surface area contributed by atoms with Crippen LogP contribution in [0, 0.1) is 0 Å². The minimum absolute atomic E-state index is 0.0489. The first-order valence-electron chi connectivity index (χ1n) is 9.24. The fourth-order valence-electron chi connectivity index (χ4n) is 2.63. The third-order valence-corrected chi connectivity index (χ3v) is 6.58. The highest BCUT2D eigenvalue weighted by molar-refractivity contribution is 7.95. The number of ether oxygens (including phenoxy) is 4. The zero-order valence-corrected chi connectivity index (χ0v) is 20.7. The number of hydrogen-bond donors (Lipinski definition) is 1. The number of hydrogen-bond acceptors (Lipinski definition) is 10. The van der Waals surface area contributed by atoms with Gasteiger partial charge < -0.3 is 23.5 Å². The first kappa shape index (κ1) is 26.3. The van der Waals surface area contributed by atoms with Gasteiger partial charge in [0.2, 0.25) is 0 Å².